The summed E-state index contributed by atoms with van der Waals surface area (Å²) in [6, 6.07) is 0. The van der Waals surface area contributed by atoms with Gasteiger partial charge in [0.2, 0.25) is 5.91 Å². The molecule has 1 aromatic heterocycles. The first-order chi connectivity index (χ1) is 12.8. The van der Waals surface area contributed by atoms with Crippen LogP contribution < -0.4 is 0 Å². The quantitative estimate of drug-likeness (QED) is 0.840. The van der Waals surface area contributed by atoms with Crippen molar-refractivity contribution in [1.82, 2.24) is 9.88 Å². The second-order valence-electron chi connectivity index (χ2n) is 9.11. The summed E-state index contributed by atoms with van der Waals surface area (Å²) in [7, 11) is 0. The summed E-state index contributed by atoms with van der Waals surface area (Å²) in [6.45, 7) is 11.2. The van der Waals surface area contributed by atoms with E-state index in [1.807, 2.05) is 23.2 Å². The Labute approximate surface area is 166 Å². The van der Waals surface area contributed by atoms with Crippen LogP contribution in [0, 0.1) is 30.1 Å². The van der Waals surface area contributed by atoms with Gasteiger partial charge in [0.1, 0.15) is 0 Å². The number of aromatic nitrogens is 1. The molecule has 2 heterocycles. The van der Waals surface area contributed by atoms with Gasteiger partial charge in [-0.1, -0.05) is 20.8 Å². The number of thiazole rings is 1. The molecular formula is C21H32N2O3S. The minimum Gasteiger partial charge on any atom is -0.392 e. The van der Waals surface area contributed by atoms with E-state index in [4.69, 9.17) is 9.72 Å². The number of rotatable bonds is 2. The number of aliphatic hydroxyl groups is 1. The summed E-state index contributed by atoms with van der Waals surface area (Å²) in [5, 5.41) is 12.6. The molecule has 2 aliphatic carbocycles. The minimum absolute atomic E-state index is 0.0298. The number of aliphatic hydroxyl groups excluding tert-OH is 1. The summed E-state index contributed by atoms with van der Waals surface area (Å²) in [6.07, 6.45) is 2.55. The van der Waals surface area contributed by atoms with E-state index in [-0.39, 0.29) is 35.0 Å². The lowest BCUT2D eigenvalue weighted by atomic mass is 9.53. The average molecular weight is 393 g/mol. The molecule has 0 bridgehead atoms. The number of nitrogens with zero attached hydrogens (tertiary/aromatic N) is 2. The fourth-order valence-electron chi connectivity index (χ4n) is 5.92. The fraction of sp³-hybridized carbons (Fsp3) is 0.810. The highest BCUT2D eigenvalue weighted by molar-refractivity contribution is 7.11. The summed E-state index contributed by atoms with van der Waals surface area (Å²) in [5.74, 6) is 0.479. The van der Waals surface area contributed by atoms with Crippen LogP contribution in [0.2, 0.25) is 0 Å². The average Bonchev–Trinajstić information content (AvgIpc) is 3.01. The van der Waals surface area contributed by atoms with E-state index in [0.717, 1.165) is 24.3 Å². The Morgan fingerprint density at radius 2 is 2.11 bits per heavy atom. The molecule has 5 nitrogen and oxygen atoms in total. The lowest BCUT2D eigenvalue weighted by Crippen LogP contribution is -2.54. The van der Waals surface area contributed by atoms with Gasteiger partial charge in [0, 0.05) is 29.8 Å². The summed E-state index contributed by atoms with van der Waals surface area (Å²) in [5.41, 5.74) is 1.29. The molecule has 0 aromatic carbocycles. The maximum atomic E-state index is 13.0. The van der Waals surface area contributed by atoms with E-state index < -0.39 is 6.10 Å². The second kappa shape index (κ2) is 7.12. The van der Waals surface area contributed by atoms with Crippen molar-refractivity contribution in [2.75, 3.05) is 26.3 Å². The van der Waals surface area contributed by atoms with Crippen molar-refractivity contribution in [1.29, 1.82) is 0 Å². The zero-order chi connectivity index (χ0) is 19.3. The van der Waals surface area contributed by atoms with Gasteiger partial charge < -0.3 is 14.7 Å². The van der Waals surface area contributed by atoms with E-state index in [1.165, 1.54) is 10.6 Å². The molecule has 150 valence electrons. The van der Waals surface area contributed by atoms with Crippen molar-refractivity contribution < 1.29 is 14.6 Å². The van der Waals surface area contributed by atoms with Crippen LogP contribution in [0.25, 0.3) is 0 Å². The Hall–Kier alpha value is -0.980. The molecule has 27 heavy (non-hydrogen) atoms. The van der Waals surface area contributed by atoms with Gasteiger partial charge in [-0.25, -0.2) is 4.98 Å². The highest BCUT2D eigenvalue weighted by atomic mass is 32.1. The zero-order valence-electron chi connectivity index (χ0n) is 16.9. The third-order valence-corrected chi connectivity index (χ3v) is 8.37. The molecule has 2 fully saturated rings. The number of hydrogen-bond acceptors (Lipinski definition) is 5. The number of ether oxygens (including phenoxy) is 1. The monoisotopic (exact) mass is 392 g/mol. The van der Waals surface area contributed by atoms with Gasteiger partial charge in [0.25, 0.3) is 0 Å². The Kier molecular flexibility index (Phi) is 5.10. The Morgan fingerprint density at radius 1 is 1.41 bits per heavy atom. The number of hydrogen-bond donors (Lipinski definition) is 1. The molecule has 0 unspecified atom stereocenters. The normalized spacial score (nSPS) is 37.4. The van der Waals surface area contributed by atoms with Crippen LogP contribution >= 0.6 is 11.3 Å². The van der Waals surface area contributed by atoms with E-state index in [2.05, 4.69) is 20.8 Å². The Balaban J connectivity index is 1.56. The van der Waals surface area contributed by atoms with Crippen LogP contribution in [0.15, 0.2) is 0 Å². The second-order valence-corrected chi connectivity index (χ2v) is 10.4. The molecule has 4 rings (SSSR count). The van der Waals surface area contributed by atoms with Gasteiger partial charge in [-0.2, -0.15) is 0 Å². The van der Waals surface area contributed by atoms with Gasteiger partial charge in [-0.05, 0) is 43.4 Å². The smallest absolute Gasteiger partial charge is 0.225 e. The van der Waals surface area contributed by atoms with Gasteiger partial charge in [-0.3, -0.25) is 4.79 Å². The van der Waals surface area contributed by atoms with Gasteiger partial charge in [-0.15, -0.1) is 11.3 Å². The predicted molar refractivity (Wildman–Crippen MR) is 106 cm³/mol. The molecule has 6 atom stereocenters. The molecule has 1 saturated heterocycles. The first-order valence-electron chi connectivity index (χ1n) is 10.3. The third kappa shape index (κ3) is 3.23. The number of carbonyl (C=O) groups excluding carboxylic acids is 1. The maximum absolute atomic E-state index is 13.0. The summed E-state index contributed by atoms with van der Waals surface area (Å²) >= 11 is 1.81. The SMILES string of the molecule is Cc1nc2c(s1)C[C@@]1(C)CC[C@H]([C@H](C)C(=O)N3CCOCC3)[C@H](O)[C@H]1[C@@H]2C. The summed E-state index contributed by atoms with van der Waals surface area (Å²) < 4.78 is 5.38. The van der Waals surface area contributed by atoms with Crippen molar-refractivity contribution in [2.24, 2.45) is 23.2 Å². The predicted octanol–water partition coefficient (Wildman–Crippen LogP) is 3.00. The largest absolute Gasteiger partial charge is 0.392 e. The standard InChI is InChI=1S/C21H32N2O3S/c1-12(20(25)23-7-9-26-10-8-23)15-5-6-21(4)11-16-18(22-14(3)27-16)13(2)17(21)19(15)24/h12-13,15,17,19,24H,5-11H2,1-4H3/t12-,13-,15+,17+,19-,21+/m0/s1. The molecule has 1 saturated carbocycles. The zero-order valence-corrected chi connectivity index (χ0v) is 17.7. The molecule has 0 spiro atoms. The van der Waals surface area contributed by atoms with Crippen LogP contribution in [0.1, 0.15) is 55.1 Å². The number of aryl methyl sites for hydroxylation is 1. The molecule has 1 aliphatic heterocycles. The lowest BCUT2D eigenvalue weighted by molar-refractivity contribution is -0.148. The topological polar surface area (TPSA) is 62.7 Å². The number of amides is 1. The van der Waals surface area contributed by atoms with Crippen molar-refractivity contribution >= 4 is 17.2 Å². The van der Waals surface area contributed by atoms with Crippen molar-refractivity contribution in [2.45, 2.75) is 59.0 Å². The summed E-state index contributed by atoms with van der Waals surface area (Å²) in [4.78, 5) is 21.1. The molecule has 1 N–H and O–H groups in total. The fourth-order valence-corrected chi connectivity index (χ4v) is 7.16. The highest BCUT2D eigenvalue weighted by Crippen LogP contribution is 2.57. The molecule has 1 amide bonds. The van der Waals surface area contributed by atoms with Gasteiger partial charge in [0.05, 0.1) is 30.0 Å². The third-order valence-electron chi connectivity index (χ3n) is 7.38. The number of carbonyl (C=O) groups is 1. The van der Waals surface area contributed by atoms with Crippen LogP contribution in [-0.2, 0) is 16.0 Å². The van der Waals surface area contributed by atoms with E-state index >= 15 is 0 Å². The van der Waals surface area contributed by atoms with Crippen molar-refractivity contribution in [3.8, 4) is 0 Å². The minimum atomic E-state index is -0.450. The van der Waals surface area contributed by atoms with Crippen molar-refractivity contribution in [3.63, 3.8) is 0 Å². The van der Waals surface area contributed by atoms with Crippen LogP contribution in [-0.4, -0.2) is 53.3 Å². The van der Waals surface area contributed by atoms with E-state index in [1.54, 1.807) is 0 Å². The Morgan fingerprint density at radius 3 is 2.81 bits per heavy atom. The lowest BCUT2D eigenvalue weighted by Gasteiger charge is -2.53. The molecule has 6 heteroatoms. The molecule has 0 radical (unpaired) electrons. The number of morpholine rings is 1. The van der Waals surface area contributed by atoms with Gasteiger partial charge >= 0.3 is 0 Å². The molecule has 1 aromatic rings. The van der Waals surface area contributed by atoms with E-state index in [9.17, 15) is 9.90 Å². The van der Waals surface area contributed by atoms with Gasteiger partial charge in [0.15, 0.2) is 0 Å². The molecular weight excluding hydrogens is 360 g/mol. The Bertz CT molecular complexity index is 714. The molecule has 3 aliphatic rings. The maximum Gasteiger partial charge on any atom is 0.225 e. The van der Waals surface area contributed by atoms with Crippen molar-refractivity contribution in [3.05, 3.63) is 15.6 Å². The first kappa shape index (κ1) is 19.3. The van der Waals surface area contributed by atoms with Crippen LogP contribution in [0.5, 0.6) is 0 Å². The highest BCUT2D eigenvalue weighted by Gasteiger charge is 2.54. The van der Waals surface area contributed by atoms with Crippen LogP contribution in [0.3, 0.4) is 0 Å². The van der Waals surface area contributed by atoms with E-state index in [0.29, 0.717) is 26.3 Å². The van der Waals surface area contributed by atoms with Crippen LogP contribution in [0.4, 0.5) is 0 Å². The number of fused-ring (bicyclic) bond motifs is 2. The first-order valence-corrected chi connectivity index (χ1v) is 11.1.